The standard InChI is InChI=1S/C14H14N2O3/c1-9-13(6-11(15)7-16-9)14(18)19-8-10-2-4-12(17)5-3-10/h2-7,17H,8,15H2,1H3. The third kappa shape index (κ3) is 3.22. The number of phenolic OH excluding ortho intramolecular Hbond substituents is 1. The third-order valence-corrected chi connectivity index (χ3v) is 2.63. The largest absolute Gasteiger partial charge is 0.508 e. The smallest absolute Gasteiger partial charge is 0.340 e. The highest BCUT2D eigenvalue weighted by Gasteiger charge is 2.12. The molecular formula is C14H14N2O3. The Morgan fingerprint density at radius 2 is 2.05 bits per heavy atom. The van der Waals surface area contributed by atoms with Crippen molar-refractivity contribution >= 4 is 11.7 Å². The lowest BCUT2D eigenvalue weighted by molar-refractivity contribution is 0.0471. The Bertz CT molecular complexity index is 594. The number of aromatic hydroxyl groups is 1. The number of ether oxygens (including phenoxy) is 1. The minimum Gasteiger partial charge on any atom is -0.508 e. The molecule has 2 rings (SSSR count). The minimum atomic E-state index is -0.467. The first-order valence-corrected chi connectivity index (χ1v) is 5.73. The molecule has 0 aliphatic rings. The quantitative estimate of drug-likeness (QED) is 0.823. The fourth-order valence-electron chi connectivity index (χ4n) is 1.57. The molecule has 0 saturated heterocycles. The first-order chi connectivity index (χ1) is 9.06. The van der Waals surface area contributed by atoms with Crippen LogP contribution in [-0.2, 0) is 11.3 Å². The summed E-state index contributed by atoms with van der Waals surface area (Å²) in [6.45, 7) is 1.85. The molecule has 2 aromatic rings. The predicted molar refractivity (Wildman–Crippen MR) is 70.6 cm³/mol. The van der Waals surface area contributed by atoms with E-state index in [1.165, 1.54) is 18.3 Å². The Morgan fingerprint density at radius 3 is 2.74 bits per heavy atom. The number of phenols is 1. The zero-order valence-electron chi connectivity index (χ0n) is 10.5. The van der Waals surface area contributed by atoms with Crippen LogP contribution in [0.4, 0.5) is 5.69 Å². The Kier molecular flexibility index (Phi) is 3.66. The van der Waals surface area contributed by atoms with Crippen molar-refractivity contribution in [2.24, 2.45) is 0 Å². The van der Waals surface area contributed by atoms with Gasteiger partial charge < -0.3 is 15.6 Å². The van der Waals surface area contributed by atoms with Crippen molar-refractivity contribution < 1.29 is 14.6 Å². The van der Waals surface area contributed by atoms with E-state index in [9.17, 15) is 4.79 Å². The third-order valence-electron chi connectivity index (χ3n) is 2.63. The average Bonchev–Trinajstić information content (AvgIpc) is 2.40. The summed E-state index contributed by atoms with van der Waals surface area (Å²) in [7, 11) is 0. The van der Waals surface area contributed by atoms with Crippen molar-refractivity contribution in [1.29, 1.82) is 0 Å². The summed E-state index contributed by atoms with van der Waals surface area (Å²) in [6, 6.07) is 7.99. The summed E-state index contributed by atoms with van der Waals surface area (Å²) < 4.78 is 5.17. The fraction of sp³-hybridized carbons (Fsp3) is 0.143. The summed E-state index contributed by atoms with van der Waals surface area (Å²) in [5.74, 6) is -0.295. The number of aromatic nitrogens is 1. The maximum absolute atomic E-state index is 11.9. The molecule has 5 heteroatoms. The van der Waals surface area contributed by atoms with Crippen LogP contribution in [0.5, 0.6) is 5.75 Å². The van der Waals surface area contributed by atoms with Gasteiger partial charge in [-0.2, -0.15) is 0 Å². The second kappa shape index (κ2) is 5.39. The summed E-state index contributed by atoms with van der Waals surface area (Å²) in [5.41, 5.74) is 7.74. The van der Waals surface area contributed by atoms with Crippen LogP contribution >= 0.6 is 0 Å². The van der Waals surface area contributed by atoms with Crippen molar-refractivity contribution in [3.05, 3.63) is 53.3 Å². The maximum Gasteiger partial charge on any atom is 0.340 e. The Morgan fingerprint density at radius 1 is 1.37 bits per heavy atom. The van der Waals surface area contributed by atoms with Gasteiger partial charge in [0.25, 0.3) is 0 Å². The first-order valence-electron chi connectivity index (χ1n) is 5.73. The molecule has 1 aromatic heterocycles. The zero-order valence-corrected chi connectivity index (χ0v) is 10.5. The van der Waals surface area contributed by atoms with E-state index in [4.69, 9.17) is 15.6 Å². The van der Waals surface area contributed by atoms with Crippen molar-refractivity contribution in [2.75, 3.05) is 5.73 Å². The number of nitrogens with two attached hydrogens (primary N) is 1. The van der Waals surface area contributed by atoms with E-state index in [2.05, 4.69) is 4.98 Å². The lowest BCUT2D eigenvalue weighted by atomic mass is 10.2. The van der Waals surface area contributed by atoms with Gasteiger partial charge in [0.1, 0.15) is 12.4 Å². The number of esters is 1. The fourth-order valence-corrected chi connectivity index (χ4v) is 1.57. The molecule has 0 unspecified atom stereocenters. The molecule has 0 aliphatic heterocycles. The molecule has 19 heavy (non-hydrogen) atoms. The monoisotopic (exact) mass is 258 g/mol. The van der Waals surface area contributed by atoms with E-state index in [1.807, 2.05) is 0 Å². The van der Waals surface area contributed by atoms with Crippen LogP contribution in [0.2, 0.25) is 0 Å². The summed E-state index contributed by atoms with van der Waals surface area (Å²) in [5, 5.41) is 9.15. The van der Waals surface area contributed by atoms with Gasteiger partial charge in [-0.25, -0.2) is 4.79 Å². The number of aryl methyl sites for hydroxylation is 1. The number of benzene rings is 1. The van der Waals surface area contributed by atoms with Crippen LogP contribution in [0.3, 0.4) is 0 Å². The van der Waals surface area contributed by atoms with Gasteiger partial charge in [-0.3, -0.25) is 4.98 Å². The molecule has 1 heterocycles. The Hall–Kier alpha value is -2.56. The molecule has 3 N–H and O–H groups in total. The zero-order chi connectivity index (χ0) is 13.8. The summed E-state index contributed by atoms with van der Waals surface area (Å²) >= 11 is 0. The second-order valence-corrected chi connectivity index (χ2v) is 4.14. The number of hydrogen-bond donors (Lipinski definition) is 2. The topological polar surface area (TPSA) is 85.4 Å². The van der Waals surface area contributed by atoms with Crippen LogP contribution in [0, 0.1) is 6.92 Å². The normalized spacial score (nSPS) is 10.2. The van der Waals surface area contributed by atoms with Gasteiger partial charge in [0.2, 0.25) is 0 Å². The van der Waals surface area contributed by atoms with E-state index in [-0.39, 0.29) is 12.4 Å². The van der Waals surface area contributed by atoms with Crippen molar-refractivity contribution in [3.8, 4) is 5.75 Å². The van der Waals surface area contributed by atoms with Crippen LogP contribution in [0.25, 0.3) is 0 Å². The maximum atomic E-state index is 11.9. The summed E-state index contributed by atoms with van der Waals surface area (Å²) in [6.07, 6.45) is 1.49. The number of nitrogens with zero attached hydrogens (tertiary/aromatic N) is 1. The van der Waals surface area contributed by atoms with Crippen molar-refractivity contribution in [3.63, 3.8) is 0 Å². The molecule has 0 saturated carbocycles. The average molecular weight is 258 g/mol. The number of anilines is 1. The highest BCUT2D eigenvalue weighted by molar-refractivity contribution is 5.91. The number of rotatable bonds is 3. The molecule has 0 fully saturated rings. The van der Waals surface area contributed by atoms with Crippen LogP contribution in [-0.4, -0.2) is 16.1 Å². The molecule has 0 spiro atoms. The van der Waals surface area contributed by atoms with Crippen LogP contribution in [0.1, 0.15) is 21.6 Å². The van der Waals surface area contributed by atoms with Crippen molar-refractivity contribution in [2.45, 2.75) is 13.5 Å². The van der Waals surface area contributed by atoms with Gasteiger partial charge in [-0.1, -0.05) is 12.1 Å². The highest BCUT2D eigenvalue weighted by atomic mass is 16.5. The molecule has 0 bridgehead atoms. The van der Waals surface area contributed by atoms with Crippen LogP contribution in [0.15, 0.2) is 36.5 Å². The van der Waals surface area contributed by atoms with E-state index >= 15 is 0 Å². The number of hydrogen-bond acceptors (Lipinski definition) is 5. The number of nitrogen functional groups attached to an aromatic ring is 1. The van der Waals surface area contributed by atoms with E-state index < -0.39 is 5.97 Å². The lowest BCUT2D eigenvalue weighted by Crippen LogP contribution is -2.09. The first kappa shape index (κ1) is 12.9. The van der Waals surface area contributed by atoms with E-state index in [0.717, 1.165) is 5.56 Å². The highest BCUT2D eigenvalue weighted by Crippen LogP contribution is 2.14. The molecule has 1 aromatic carbocycles. The number of carbonyl (C=O) groups is 1. The number of pyridine rings is 1. The van der Waals surface area contributed by atoms with Gasteiger partial charge in [0.15, 0.2) is 0 Å². The summed E-state index contributed by atoms with van der Waals surface area (Å²) in [4.78, 5) is 15.9. The predicted octanol–water partition coefficient (Wildman–Crippen LogP) is 2.03. The van der Waals surface area contributed by atoms with E-state index in [0.29, 0.717) is 16.9 Å². The SMILES string of the molecule is Cc1ncc(N)cc1C(=O)OCc1ccc(O)cc1. The van der Waals surface area contributed by atoms with E-state index in [1.54, 1.807) is 25.1 Å². The molecule has 0 amide bonds. The van der Waals surface area contributed by atoms with Crippen LogP contribution < -0.4 is 5.73 Å². The van der Waals surface area contributed by atoms with Gasteiger partial charge in [-0.15, -0.1) is 0 Å². The Balaban J connectivity index is 2.05. The molecule has 0 aliphatic carbocycles. The minimum absolute atomic E-state index is 0.132. The van der Waals surface area contributed by atoms with Gasteiger partial charge in [0, 0.05) is 0 Å². The molecule has 5 nitrogen and oxygen atoms in total. The second-order valence-electron chi connectivity index (χ2n) is 4.14. The molecular weight excluding hydrogens is 244 g/mol. The Labute approximate surface area is 110 Å². The van der Waals surface area contributed by atoms with Crippen molar-refractivity contribution in [1.82, 2.24) is 4.98 Å². The van der Waals surface area contributed by atoms with Gasteiger partial charge in [-0.05, 0) is 30.7 Å². The van der Waals surface area contributed by atoms with Gasteiger partial charge >= 0.3 is 5.97 Å². The molecule has 98 valence electrons. The lowest BCUT2D eigenvalue weighted by Gasteiger charge is -2.07. The molecule has 0 radical (unpaired) electrons. The molecule has 0 atom stereocenters. The number of carbonyl (C=O) groups excluding carboxylic acids is 1. The van der Waals surface area contributed by atoms with Gasteiger partial charge in [0.05, 0.1) is 23.1 Å².